The monoisotopic (exact) mass is 238 g/mol. The average Bonchev–Trinajstić information content (AvgIpc) is 2.33. The summed E-state index contributed by atoms with van der Waals surface area (Å²) in [7, 11) is 0. The molecule has 5 heteroatoms. The minimum atomic E-state index is -0.239. The first-order chi connectivity index (χ1) is 8.15. The van der Waals surface area contributed by atoms with Crippen LogP contribution in [0, 0.1) is 10.8 Å². The molecule has 1 aliphatic rings. The van der Waals surface area contributed by atoms with E-state index in [0.29, 0.717) is 24.6 Å². The molecule has 0 aromatic rings. The van der Waals surface area contributed by atoms with Crippen LogP contribution in [0.4, 0.5) is 0 Å². The van der Waals surface area contributed by atoms with Gasteiger partial charge in [-0.05, 0) is 19.9 Å². The van der Waals surface area contributed by atoms with Gasteiger partial charge in [0.1, 0.15) is 11.9 Å². The van der Waals surface area contributed by atoms with Crippen molar-refractivity contribution in [1.29, 1.82) is 10.8 Å². The summed E-state index contributed by atoms with van der Waals surface area (Å²) in [6.07, 6.45) is 5.98. The van der Waals surface area contributed by atoms with E-state index in [1.165, 1.54) is 12.4 Å². The molecule has 1 heterocycles. The molecule has 1 aliphatic heterocycles. The van der Waals surface area contributed by atoms with Crippen LogP contribution >= 0.6 is 0 Å². The van der Waals surface area contributed by atoms with Crippen LogP contribution in [0.15, 0.2) is 23.9 Å². The highest BCUT2D eigenvalue weighted by Gasteiger charge is 2.31. The maximum atomic E-state index is 7.93. The molecule has 0 saturated carbocycles. The molecule has 0 radical (unpaired) electrons. The molecule has 0 spiro atoms. The van der Waals surface area contributed by atoms with Crippen LogP contribution in [0.3, 0.4) is 0 Å². The summed E-state index contributed by atoms with van der Waals surface area (Å²) in [6, 6.07) is 0.00356. The van der Waals surface area contributed by atoms with Crippen LogP contribution in [0.5, 0.6) is 0 Å². The third kappa shape index (κ3) is 2.94. The van der Waals surface area contributed by atoms with Crippen molar-refractivity contribution in [2.45, 2.75) is 26.0 Å². The van der Waals surface area contributed by atoms with E-state index < -0.39 is 0 Å². The summed E-state index contributed by atoms with van der Waals surface area (Å²) < 4.78 is 5.63. The number of nitrogens with one attached hydrogen (secondary N) is 2. The first kappa shape index (κ1) is 13.4. The fourth-order valence-corrected chi connectivity index (χ4v) is 1.98. The van der Waals surface area contributed by atoms with Gasteiger partial charge in [-0.25, -0.2) is 0 Å². The molecule has 5 nitrogen and oxygen atoms in total. The van der Waals surface area contributed by atoms with Gasteiger partial charge >= 0.3 is 0 Å². The van der Waals surface area contributed by atoms with Gasteiger partial charge in [0.2, 0.25) is 0 Å². The van der Waals surface area contributed by atoms with Gasteiger partial charge < -0.3 is 20.8 Å². The smallest absolute Gasteiger partial charge is 0.120 e. The van der Waals surface area contributed by atoms with Gasteiger partial charge in [0, 0.05) is 26.0 Å². The molecule has 0 aliphatic carbocycles. The molecule has 2 unspecified atom stereocenters. The normalized spacial score (nSPS) is 26.2. The average molecular weight is 238 g/mol. The van der Waals surface area contributed by atoms with Gasteiger partial charge in [0.15, 0.2) is 0 Å². The summed E-state index contributed by atoms with van der Waals surface area (Å²) in [5.74, 6) is 0.467. The van der Waals surface area contributed by atoms with Crippen molar-refractivity contribution >= 4 is 12.1 Å². The lowest BCUT2D eigenvalue weighted by Gasteiger charge is -2.40. The molecular formula is C12H22N4O. The van der Waals surface area contributed by atoms with Crippen LogP contribution in [0.25, 0.3) is 0 Å². The van der Waals surface area contributed by atoms with E-state index in [2.05, 4.69) is 0 Å². The number of morpholine rings is 1. The van der Waals surface area contributed by atoms with Crippen LogP contribution < -0.4 is 5.73 Å². The Balaban J connectivity index is 0.00000289. The Bertz CT molecular complexity index is 354. The molecule has 4 N–H and O–H groups in total. The van der Waals surface area contributed by atoms with Crippen LogP contribution in [0.1, 0.15) is 15.3 Å². The molecule has 17 heavy (non-hydrogen) atoms. The highest BCUT2D eigenvalue weighted by molar-refractivity contribution is 5.90. The molecule has 0 aromatic heterocycles. The molecule has 0 bridgehead atoms. The van der Waals surface area contributed by atoms with Gasteiger partial charge in [-0.2, -0.15) is 0 Å². The number of hydrogen-bond donors (Lipinski definition) is 3. The van der Waals surface area contributed by atoms with Crippen molar-refractivity contribution in [1.82, 2.24) is 4.90 Å². The molecule has 1 saturated heterocycles. The Morgan fingerprint density at radius 2 is 2.29 bits per heavy atom. The zero-order valence-corrected chi connectivity index (χ0v) is 10.3. The molecular weight excluding hydrogens is 216 g/mol. The Morgan fingerprint density at radius 1 is 1.59 bits per heavy atom. The van der Waals surface area contributed by atoms with Crippen LogP contribution in [0.2, 0.25) is 0 Å². The number of hydrogen-bond acceptors (Lipinski definition) is 4. The Kier molecular flexibility index (Phi) is 4.90. The minimum absolute atomic E-state index is 0. The lowest BCUT2D eigenvalue weighted by Crippen LogP contribution is -2.52. The Morgan fingerprint density at radius 3 is 2.82 bits per heavy atom. The fraction of sp³-hybridized carbons (Fsp3) is 0.500. The molecule has 1 fully saturated rings. The van der Waals surface area contributed by atoms with E-state index in [1.807, 2.05) is 24.8 Å². The van der Waals surface area contributed by atoms with E-state index in [4.69, 9.17) is 21.3 Å². The third-order valence-corrected chi connectivity index (χ3v) is 2.88. The predicted octanol–water partition coefficient (Wildman–Crippen LogP) is 1.37. The first-order valence-corrected chi connectivity index (χ1v) is 5.67. The number of rotatable bonds is 3. The summed E-state index contributed by atoms with van der Waals surface area (Å²) >= 11 is 0. The molecule has 2 atom stereocenters. The zero-order valence-electron chi connectivity index (χ0n) is 10.3. The SMILES string of the molecule is C/C=C\C(=N)N1CCOC(/C(C=N)=C/N)C1C.[HH]. The second-order valence-electron chi connectivity index (χ2n) is 3.92. The second-order valence-corrected chi connectivity index (χ2v) is 3.92. The first-order valence-electron chi connectivity index (χ1n) is 5.67. The van der Waals surface area contributed by atoms with Crippen molar-refractivity contribution in [2.24, 2.45) is 5.73 Å². The number of nitrogens with two attached hydrogens (primary N) is 1. The van der Waals surface area contributed by atoms with Crippen LogP contribution in [-0.4, -0.2) is 42.2 Å². The van der Waals surface area contributed by atoms with Crippen molar-refractivity contribution < 1.29 is 6.16 Å². The third-order valence-electron chi connectivity index (χ3n) is 2.88. The molecule has 1 rings (SSSR count). The van der Waals surface area contributed by atoms with E-state index in [0.717, 1.165) is 0 Å². The number of amidine groups is 1. The highest BCUT2D eigenvalue weighted by Crippen LogP contribution is 2.19. The summed E-state index contributed by atoms with van der Waals surface area (Å²) in [4.78, 5) is 1.96. The fourth-order valence-electron chi connectivity index (χ4n) is 1.98. The van der Waals surface area contributed by atoms with E-state index >= 15 is 0 Å². The van der Waals surface area contributed by atoms with Gasteiger partial charge in [0.05, 0.1) is 12.6 Å². The Hall–Kier alpha value is -1.62. The molecule has 0 aromatic carbocycles. The van der Waals surface area contributed by atoms with Crippen molar-refractivity contribution in [3.63, 3.8) is 0 Å². The highest BCUT2D eigenvalue weighted by atomic mass is 16.5. The lowest BCUT2D eigenvalue weighted by atomic mass is 10.0. The number of ether oxygens (including phenoxy) is 1. The molecule has 0 amide bonds. The second kappa shape index (κ2) is 6.20. The standard InChI is InChI=1S/C12H20N4O.H2/c1-3-4-11(15)16-5-6-17-12(9(16)2)10(7-13)8-14;/h3-4,7-9,12-13,15H,5-6,14H2,1-2H3;1H/b4-3-,10-8+,13-7?,15-11?;. The van der Waals surface area contributed by atoms with Gasteiger partial charge in [-0.3, -0.25) is 5.41 Å². The summed E-state index contributed by atoms with van der Waals surface area (Å²) in [6.45, 7) is 5.10. The number of nitrogens with zero attached hydrogens (tertiary/aromatic N) is 1. The number of allylic oxidation sites excluding steroid dienone is 1. The van der Waals surface area contributed by atoms with Crippen molar-refractivity contribution in [3.8, 4) is 0 Å². The maximum Gasteiger partial charge on any atom is 0.120 e. The quantitative estimate of drug-likeness (QED) is 0.512. The summed E-state index contributed by atoms with van der Waals surface area (Å²) in [5.41, 5.74) is 6.13. The largest absolute Gasteiger partial charge is 0.404 e. The molecule has 96 valence electrons. The van der Waals surface area contributed by atoms with Gasteiger partial charge in [0.25, 0.3) is 0 Å². The van der Waals surface area contributed by atoms with Crippen molar-refractivity contribution in [3.05, 3.63) is 23.9 Å². The van der Waals surface area contributed by atoms with Crippen molar-refractivity contribution in [2.75, 3.05) is 13.2 Å². The minimum Gasteiger partial charge on any atom is -0.404 e. The van der Waals surface area contributed by atoms with E-state index in [9.17, 15) is 0 Å². The Labute approximate surface area is 103 Å². The zero-order chi connectivity index (χ0) is 12.8. The maximum absolute atomic E-state index is 7.93. The summed E-state index contributed by atoms with van der Waals surface area (Å²) in [5, 5.41) is 15.2. The van der Waals surface area contributed by atoms with E-state index in [1.54, 1.807) is 6.08 Å². The topological polar surface area (TPSA) is 86.2 Å². The predicted molar refractivity (Wildman–Crippen MR) is 71.6 cm³/mol. The van der Waals surface area contributed by atoms with E-state index in [-0.39, 0.29) is 13.6 Å². The van der Waals surface area contributed by atoms with Crippen LogP contribution in [-0.2, 0) is 4.74 Å². The van der Waals surface area contributed by atoms with Gasteiger partial charge in [-0.1, -0.05) is 6.08 Å². The lowest BCUT2D eigenvalue weighted by molar-refractivity contribution is -0.0154. The van der Waals surface area contributed by atoms with Gasteiger partial charge in [-0.15, -0.1) is 0 Å².